The Balaban J connectivity index is 1.30. The van der Waals surface area contributed by atoms with E-state index < -0.39 is 11.0 Å². The van der Waals surface area contributed by atoms with Crippen LogP contribution >= 0.6 is 11.3 Å². The topological polar surface area (TPSA) is 104 Å². The second-order valence-electron chi connectivity index (χ2n) is 10.1. The summed E-state index contributed by atoms with van der Waals surface area (Å²) in [5.74, 6) is -0.168. The molecule has 44 heavy (non-hydrogen) atoms. The van der Waals surface area contributed by atoms with Crippen molar-refractivity contribution >= 4 is 55.9 Å². The van der Waals surface area contributed by atoms with Gasteiger partial charge in [-0.1, -0.05) is 24.3 Å². The number of carbonyl (C=O) groups excluding carboxylic acids is 1. The highest BCUT2D eigenvalue weighted by atomic mass is 32.2. The fourth-order valence-electron chi connectivity index (χ4n) is 5.25. The fraction of sp³-hybridized carbons (Fsp3) is 0.0588. The number of pyridine rings is 3. The molecule has 0 saturated carbocycles. The Kier molecular flexibility index (Phi) is 7.43. The number of carbonyl (C=O) groups is 1. The van der Waals surface area contributed by atoms with Crippen molar-refractivity contribution in [2.45, 2.75) is 10.8 Å². The molecule has 2 aromatic carbocycles. The summed E-state index contributed by atoms with van der Waals surface area (Å²) in [6.07, 6.45) is 7.13. The third-order valence-electron chi connectivity index (χ3n) is 7.47. The maximum absolute atomic E-state index is 13.2. The van der Waals surface area contributed by atoms with Crippen LogP contribution in [0.15, 0.2) is 119 Å². The highest BCUT2D eigenvalue weighted by Gasteiger charge is 2.20. The zero-order valence-corrected chi connectivity index (χ0v) is 25.2. The van der Waals surface area contributed by atoms with Gasteiger partial charge in [0, 0.05) is 64.8 Å². The summed E-state index contributed by atoms with van der Waals surface area (Å²) in [6.45, 7) is 0.354. The molecule has 1 atom stereocenters. The molecule has 0 aliphatic carbocycles. The van der Waals surface area contributed by atoms with Gasteiger partial charge in [-0.2, -0.15) is 0 Å². The minimum Gasteiger partial charge on any atom is -0.346 e. The number of aromatic nitrogens is 4. The highest BCUT2D eigenvalue weighted by molar-refractivity contribution is 7.88. The molecule has 0 saturated heterocycles. The normalized spacial score (nSPS) is 11.9. The fourth-order valence-corrected chi connectivity index (χ4v) is 7.30. The molecule has 216 valence electrons. The van der Waals surface area contributed by atoms with E-state index in [4.69, 9.17) is 4.98 Å². The average Bonchev–Trinajstić information content (AvgIpc) is 3.75. The molecule has 5 aromatic heterocycles. The Morgan fingerprint density at radius 3 is 2.52 bits per heavy atom. The van der Waals surface area contributed by atoms with E-state index >= 15 is 0 Å². The Morgan fingerprint density at radius 2 is 1.77 bits per heavy atom. The van der Waals surface area contributed by atoms with Gasteiger partial charge in [-0.25, -0.2) is 9.19 Å². The van der Waals surface area contributed by atoms with Gasteiger partial charge in [0.05, 0.1) is 17.9 Å². The molecule has 7 aromatic rings. The number of thiophene rings is 1. The lowest BCUT2D eigenvalue weighted by molar-refractivity contribution is 0.0950. The van der Waals surface area contributed by atoms with Crippen molar-refractivity contribution in [3.8, 4) is 22.3 Å². The molecule has 10 heteroatoms. The molecule has 0 aliphatic heterocycles. The second-order valence-corrected chi connectivity index (χ2v) is 12.8. The molecule has 0 radical (unpaired) electrons. The molecule has 7 rings (SSSR count). The monoisotopic (exact) mass is 614 g/mol. The van der Waals surface area contributed by atoms with Crippen LogP contribution < -0.4 is 9.62 Å². The summed E-state index contributed by atoms with van der Waals surface area (Å²) in [7, 11) is 0.515. The quantitative estimate of drug-likeness (QED) is 0.192. The number of aromatic amines is 1. The third kappa shape index (κ3) is 5.25. The summed E-state index contributed by atoms with van der Waals surface area (Å²) in [5, 5.41) is 6.79. The van der Waals surface area contributed by atoms with Crippen LogP contribution in [0, 0.1) is 0 Å². The number of rotatable bonds is 8. The first-order valence-corrected chi connectivity index (χ1v) is 15.9. The Hall–Kier alpha value is -5.19. The lowest BCUT2D eigenvalue weighted by Gasteiger charge is -2.17. The molecule has 1 amide bonds. The zero-order chi connectivity index (χ0) is 30.0. The van der Waals surface area contributed by atoms with Crippen LogP contribution in [-0.2, 0) is 17.5 Å². The van der Waals surface area contributed by atoms with E-state index in [1.165, 1.54) is 11.3 Å². The van der Waals surface area contributed by atoms with E-state index in [1.807, 2.05) is 97.5 Å². The first-order valence-electron chi connectivity index (χ1n) is 13.9. The lowest BCUT2D eigenvalue weighted by atomic mass is 9.93. The molecule has 0 spiro atoms. The molecule has 5 heterocycles. The van der Waals surface area contributed by atoms with Gasteiger partial charge in [-0.05, 0) is 77.2 Å². The summed E-state index contributed by atoms with van der Waals surface area (Å²) in [6, 6.07) is 26.9. The van der Waals surface area contributed by atoms with Crippen LogP contribution in [0.3, 0.4) is 0 Å². The number of amides is 1. The number of nitrogens with one attached hydrogen (secondary N) is 2. The van der Waals surface area contributed by atoms with Crippen molar-refractivity contribution in [3.63, 3.8) is 0 Å². The predicted octanol–water partition coefficient (Wildman–Crippen LogP) is 6.99. The Labute approximate surface area is 260 Å². The van der Waals surface area contributed by atoms with Gasteiger partial charge in [0.2, 0.25) is 0 Å². The Bertz CT molecular complexity index is 2110. The van der Waals surface area contributed by atoms with E-state index in [9.17, 15) is 9.00 Å². The number of nitrogens with zero attached hydrogens (tertiary/aromatic N) is 4. The van der Waals surface area contributed by atoms with Gasteiger partial charge in [0.15, 0.2) is 11.0 Å². The molecule has 1 unspecified atom stereocenters. The molecule has 0 bridgehead atoms. The van der Waals surface area contributed by atoms with E-state index in [2.05, 4.69) is 26.3 Å². The van der Waals surface area contributed by atoms with Gasteiger partial charge < -0.3 is 10.3 Å². The smallest absolute Gasteiger partial charge is 0.251 e. The van der Waals surface area contributed by atoms with Crippen molar-refractivity contribution in [3.05, 3.63) is 126 Å². The highest BCUT2D eigenvalue weighted by Crippen LogP contribution is 2.41. The molecular weight excluding hydrogens is 589 g/mol. The van der Waals surface area contributed by atoms with E-state index in [0.717, 1.165) is 59.8 Å². The van der Waals surface area contributed by atoms with Crippen molar-refractivity contribution in [1.29, 1.82) is 0 Å². The lowest BCUT2D eigenvalue weighted by Crippen LogP contribution is -2.23. The van der Waals surface area contributed by atoms with Crippen molar-refractivity contribution in [1.82, 2.24) is 25.3 Å². The van der Waals surface area contributed by atoms with Crippen LogP contribution in [0.1, 0.15) is 16.1 Å². The molecule has 0 fully saturated rings. The summed E-state index contributed by atoms with van der Waals surface area (Å²) >= 11 is 1.47. The first-order chi connectivity index (χ1) is 21.6. The number of H-pyrrole nitrogens is 1. The van der Waals surface area contributed by atoms with E-state index in [0.29, 0.717) is 12.1 Å². The second kappa shape index (κ2) is 11.8. The summed E-state index contributed by atoms with van der Waals surface area (Å²) in [4.78, 5) is 29.7. The van der Waals surface area contributed by atoms with Crippen LogP contribution in [0.2, 0.25) is 0 Å². The van der Waals surface area contributed by atoms with Crippen molar-refractivity contribution in [2.24, 2.45) is 0 Å². The minimum absolute atomic E-state index is 0.168. The number of hydrogen-bond donors (Lipinski definition) is 2. The number of anilines is 1. The van der Waals surface area contributed by atoms with Crippen LogP contribution in [0.4, 0.5) is 5.69 Å². The van der Waals surface area contributed by atoms with Crippen molar-refractivity contribution in [2.75, 3.05) is 11.4 Å². The van der Waals surface area contributed by atoms with Gasteiger partial charge in [-0.15, -0.1) is 11.3 Å². The van der Waals surface area contributed by atoms with Gasteiger partial charge >= 0.3 is 0 Å². The van der Waals surface area contributed by atoms with Gasteiger partial charge in [0.1, 0.15) is 9.86 Å². The zero-order valence-electron chi connectivity index (χ0n) is 23.6. The predicted molar refractivity (Wildman–Crippen MR) is 177 cm³/mol. The number of hydrogen-bond acceptors (Lipinski definition) is 6. The number of fused-ring (bicyclic) bond motifs is 3. The summed E-state index contributed by atoms with van der Waals surface area (Å²) < 4.78 is 15.8. The van der Waals surface area contributed by atoms with Crippen LogP contribution in [0.5, 0.6) is 0 Å². The minimum atomic E-state index is -1.33. The summed E-state index contributed by atoms with van der Waals surface area (Å²) in [5.41, 5.74) is 7.69. The van der Waals surface area contributed by atoms with Crippen LogP contribution in [-0.4, -0.2) is 37.1 Å². The molecule has 8 nitrogen and oxygen atoms in total. The molecule has 0 aliphatic rings. The van der Waals surface area contributed by atoms with Crippen molar-refractivity contribution < 1.29 is 9.00 Å². The van der Waals surface area contributed by atoms with E-state index in [1.54, 1.807) is 22.9 Å². The standard InChI is InChI=1S/C34H26N6O2S2/c1-40(44(42)30-6-4-18-43-30)26-11-12-29-27(19-26)32-31(23-13-16-35-17-14-23)28(21-37-33(32)39-29)22-7-9-24(10-8-22)34(41)38-20-25-5-2-3-15-36-25/h2-19,21H,20H2,1H3,(H,37,39)(H,38,41). The SMILES string of the molecule is CN(c1ccc2[nH]c3ncc(-c4ccc(C(=O)NCc5ccccn5)cc4)c(-c4ccncc4)c3c2c1)S(=O)c1cccs1. The molecule has 2 N–H and O–H groups in total. The average molecular weight is 615 g/mol. The number of benzene rings is 2. The van der Waals surface area contributed by atoms with Gasteiger partial charge in [-0.3, -0.25) is 19.1 Å². The largest absolute Gasteiger partial charge is 0.346 e. The maximum atomic E-state index is 13.2. The first kappa shape index (κ1) is 27.6. The van der Waals surface area contributed by atoms with Gasteiger partial charge in [0.25, 0.3) is 5.91 Å². The third-order valence-corrected chi connectivity index (χ3v) is 10.0. The molecular formula is C34H26N6O2S2. The van der Waals surface area contributed by atoms with E-state index in [-0.39, 0.29) is 5.91 Å². The maximum Gasteiger partial charge on any atom is 0.251 e. The van der Waals surface area contributed by atoms with Crippen LogP contribution in [0.25, 0.3) is 44.2 Å². The Morgan fingerprint density at radius 1 is 0.932 bits per heavy atom.